The quantitative estimate of drug-likeness (QED) is 0.794. The first-order chi connectivity index (χ1) is 13.0. The van der Waals surface area contributed by atoms with Crippen LogP contribution in [-0.2, 0) is 6.61 Å². The van der Waals surface area contributed by atoms with Gasteiger partial charge in [-0.1, -0.05) is 31.4 Å². The Kier molecular flexibility index (Phi) is 6.43. The summed E-state index contributed by atoms with van der Waals surface area (Å²) in [6.07, 6.45) is 6.18. The van der Waals surface area contributed by atoms with E-state index in [1.165, 1.54) is 44.2 Å². The molecule has 27 heavy (non-hydrogen) atoms. The van der Waals surface area contributed by atoms with Crippen LogP contribution < -0.4 is 10.1 Å². The SMILES string of the molecule is Cc1nc(OCc2cccc(F)c2)ccc1C(=O)NC(C)C1CCCCC1. The first-order valence-electron chi connectivity index (χ1n) is 9.68. The van der Waals surface area contributed by atoms with Crippen LogP contribution in [0.1, 0.15) is 60.6 Å². The zero-order valence-electron chi connectivity index (χ0n) is 16.0. The van der Waals surface area contributed by atoms with Crippen molar-refractivity contribution in [1.82, 2.24) is 10.3 Å². The highest BCUT2D eigenvalue weighted by Gasteiger charge is 2.22. The number of aromatic nitrogens is 1. The minimum absolute atomic E-state index is 0.0882. The highest BCUT2D eigenvalue weighted by Crippen LogP contribution is 2.26. The molecule has 3 rings (SSSR count). The zero-order valence-corrected chi connectivity index (χ0v) is 16.0. The van der Waals surface area contributed by atoms with Gasteiger partial charge in [0.1, 0.15) is 12.4 Å². The van der Waals surface area contributed by atoms with Crippen molar-refractivity contribution in [1.29, 1.82) is 0 Å². The van der Waals surface area contributed by atoms with Gasteiger partial charge in [0, 0.05) is 12.1 Å². The molecule has 5 heteroatoms. The molecule has 0 saturated heterocycles. The number of rotatable bonds is 6. The first kappa shape index (κ1) is 19.3. The van der Waals surface area contributed by atoms with Gasteiger partial charge < -0.3 is 10.1 Å². The van der Waals surface area contributed by atoms with E-state index in [0.717, 1.165) is 5.56 Å². The molecule has 0 spiro atoms. The fourth-order valence-electron chi connectivity index (χ4n) is 3.68. The topological polar surface area (TPSA) is 51.2 Å². The van der Waals surface area contributed by atoms with Crippen LogP contribution in [-0.4, -0.2) is 16.9 Å². The lowest BCUT2D eigenvalue weighted by Crippen LogP contribution is -2.39. The fraction of sp³-hybridized carbons (Fsp3) is 0.455. The van der Waals surface area contributed by atoms with Crippen LogP contribution in [0.15, 0.2) is 36.4 Å². The second-order valence-corrected chi connectivity index (χ2v) is 7.36. The van der Waals surface area contributed by atoms with E-state index in [1.54, 1.807) is 31.2 Å². The van der Waals surface area contributed by atoms with Gasteiger partial charge in [-0.15, -0.1) is 0 Å². The molecule has 1 aromatic heterocycles. The van der Waals surface area contributed by atoms with Gasteiger partial charge in [-0.25, -0.2) is 9.37 Å². The van der Waals surface area contributed by atoms with E-state index in [4.69, 9.17) is 4.74 Å². The number of benzene rings is 1. The number of nitrogens with one attached hydrogen (secondary N) is 1. The second kappa shape index (κ2) is 8.98. The molecular formula is C22H27FN2O2. The Hall–Kier alpha value is -2.43. The van der Waals surface area contributed by atoms with E-state index in [9.17, 15) is 9.18 Å². The summed E-state index contributed by atoms with van der Waals surface area (Å²) in [6.45, 7) is 4.12. The Morgan fingerprint density at radius 3 is 2.74 bits per heavy atom. The lowest BCUT2D eigenvalue weighted by atomic mass is 9.84. The predicted octanol–water partition coefficient (Wildman–Crippen LogP) is 4.81. The predicted molar refractivity (Wildman–Crippen MR) is 103 cm³/mol. The van der Waals surface area contributed by atoms with Gasteiger partial charge in [0.15, 0.2) is 0 Å². The monoisotopic (exact) mass is 370 g/mol. The van der Waals surface area contributed by atoms with Crippen LogP contribution in [0.4, 0.5) is 4.39 Å². The number of hydrogen-bond acceptors (Lipinski definition) is 3. The lowest BCUT2D eigenvalue weighted by molar-refractivity contribution is 0.0918. The van der Waals surface area contributed by atoms with Crippen molar-refractivity contribution in [3.63, 3.8) is 0 Å². The Morgan fingerprint density at radius 2 is 2.04 bits per heavy atom. The van der Waals surface area contributed by atoms with Gasteiger partial charge in [-0.05, 0) is 56.4 Å². The summed E-state index contributed by atoms with van der Waals surface area (Å²) in [5, 5.41) is 3.13. The van der Waals surface area contributed by atoms with E-state index >= 15 is 0 Å². The van der Waals surface area contributed by atoms with Gasteiger partial charge in [-0.3, -0.25) is 4.79 Å². The number of aryl methyl sites for hydroxylation is 1. The molecule has 1 atom stereocenters. The van der Waals surface area contributed by atoms with E-state index in [2.05, 4.69) is 17.2 Å². The number of nitrogens with zero attached hydrogens (tertiary/aromatic N) is 1. The minimum atomic E-state index is -0.292. The molecule has 0 aliphatic heterocycles. The van der Waals surface area contributed by atoms with Crippen molar-refractivity contribution in [3.05, 3.63) is 59.0 Å². The van der Waals surface area contributed by atoms with E-state index < -0.39 is 0 Å². The number of carbonyl (C=O) groups is 1. The van der Waals surface area contributed by atoms with E-state index in [1.807, 2.05) is 0 Å². The van der Waals surface area contributed by atoms with Crippen molar-refractivity contribution in [3.8, 4) is 5.88 Å². The number of carbonyl (C=O) groups excluding carboxylic acids is 1. The molecule has 1 N–H and O–H groups in total. The Bertz CT molecular complexity index is 788. The number of halogens is 1. The van der Waals surface area contributed by atoms with Crippen LogP contribution in [0, 0.1) is 18.7 Å². The van der Waals surface area contributed by atoms with Gasteiger partial charge >= 0.3 is 0 Å². The maximum absolute atomic E-state index is 13.2. The molecule has 1 unspecified atom stereocenters. The van der Waals surface area contributed by atoms with Gasteiger partial charge in [-0.2, -0.15) is 0 Å². The molecule has 1 aromatic carbocycles. The minimum Gasteiger partial charge on any atom is -0.473 e. The zero-order chi connectivity index (χ0) is 19.2. The van der Waals surface area contributed by atoms with Crippen molar-refractivity contribution in [2.75, 3.05) is 0 Å². The Morgan fingerprint density at radius 1 is 1.26 bits per heavy atom. The summed E-state index contributed by atoms with van der Waals surface area (Å²) in [7, 11) is 0. The number of hydrogen-bond donors (Lipinski definition) is 1. The number of amides is 1. The summed E-state index contributed by atoms with van der Waals surface area (Å²) >= 11 is 0. The summed E-state index contributed by atoms with van der Waals surface area (Å²) in [5.74, 6) is 0.604. The standard InChI is InChI=1S/C22H27FN2O2/c1-15(18-8-4-3-5-9-18)25-22(26)20-11-12-21(24-16(20)2)27-14-17-7-6-10-19(23)13-17/h6-7,10-13,15,18H,3-5,8-9,14H2,1-2H3,(H,25,26). The molecular weight excluding hydrogens is 343 g/mol. The molecule has 2 aromatic rings. The van der Waals surface area contributed by atoms with Crippen molar-refractivity contribution in [2.24, 2.45) is 5.92 Å². The van der Waals surface area contributed by atoms with Crippen LogP contribution in [0.5, 0.6) is 5.88 Å². The largest absolute Gasteiger partial charge is 0.473 e. The molecule has 0 bridgehead atoms. The van der Waals surface area contributed by atoms with Crippen LogP contribution in [0.2, 0.25) is 0 Å². The fourth-order valence-corrected chi connectivity index (χ4v) is 3.68. The maximum atomic E-state index is 13.2. The summed E-state index contributed by atoms with van der Waals surface area (Å²) in [4.78, 5) is 17.0. The molecule has 1 saturated carbocycles. The van der Waals surface area contributed by atoms with Crippen LogP contribution >= 0.6 is 0 Å². The van der Waals surface area contributed by atoms with Crippen LogP contribution in [0.25, 0.3) is 0 Å². The highest BCUT2D eigenvalue weighted by molar-refractivity contribution is 5.95. The molecule has 1 fully saturated rings. The summed E-state index contributed by atoms with van der Waals surface area (Å²) < 4.78 is 18.9. The average molecular weight is 370 g/mol. The van der Waals surface area contributed by atoms with E-state index in [-0.39, 0.29) is 24.4 Å². The smallest absolute Gasteiger partial charge is 0.253 e. The van der Waals surface area contributed by atoms with Crippen molar-refractivity contribution in [2.45, 2.75) is 58.6 Å². The number of ether oxygens (including phenoxy) is 1. The molecule has 1 heterocycles. The molecule has 1 aliphatic rings. The summed E-state index contributed by atoms with van der Waals surface area (Å²) in [5.41, 5.74) is 1.92. The molecule has 1 amide bonds. The molecule has 0 radical (unpaired) electrons. The Labute approximate surface area is 160 Å². The first-order valence-corrected chi connectivity index (χ1v) is 9.68. The van der Waals surface area contributed by atoms with Gasteiger partial charge in [0.2, 0.25) is 5.88 Å². The van der Waals surface area contributed by atoms with Crippen molar-refractivity contribution >= 4 is 5.91 Å². The summed E-state index contributed by atoms with van der Waals surface area (Å²) in [6, 6.07) is 9.87. The third-order valence-corrected chi connectivity index (χ3v) is 5.30. The lowest BCUT2D eigenvalue weighted by Gasteiger charge is -2.28. The van der Waals surface area contributed by atoms with Crippen LogP contribution in [0.3, 0.4) is 0 Å². The number of pyridine rings is 1. The van der Waals surface area contributed by atoms with Gasteiger partial charge in [0.05, 0.1) is 11.3 Å². The molecule has 1 aliphatic carbocycles. The Balaban J connectivity index is 1.59. The normalized spacial score (nSPS) is 16.0. The second-order valence-electron chi connectivity index (χ2n) is 7.36. The third-order valence-electron chi connectivity index (χ3n) is 5.30. The van der Waals surface area contributed by atoms with Gasteiger partial charge in [0.25, 0.3) is 5.91 Å². The van der Waals surface area contributed by atoms with Crippen molar-refractivity contribution < 1.29 is 13.9 Å². The third kappa shape index (κ3) is 5.28. The molecule has 144 valence electrons. The van der Waals surface area contributed by atoms with E-state index in [0.29, 0.717) is 23.1 Å². The highest BCUT2D eigenvalue weighted by atomic mass is 19.1. The molecule has 4 nitrogen and oxygen atoms in total. The average Bonchev–Trinajstić information content (AvgIpc) is 2.67. The maximum Gasteiger partial charge on any atom is 0.253 e.